The smallest absolute Gasteiger partial charge is 0.154 e. The summed E-state index contributed by atoms with van der Waals surface area (Å²) in [6, 6.07) is 88.1. The molecule has 67 heavy (non-hydrogen) atoms. The van der Waals surface area contributed by atoms with Crippen LogP contribution in [0.3, 0.4) is 0 Å². The van der Waals surface area contributed by atoms with Gasteiger partial charge in [-0.25, -0.2) is 4.99 Å². The molecule has 1 aliphatic carbocycles. The van der Waals surface area contributed by atoms with Crippen LogP contribution < -0.4 is 4.90 Å². The third-order valence-electron chi connectivity index (χ3n) is 14.0. The third kappa shape index (κ3) is 6.21. The van der Waals surface area contributed by atoms with Gasteiger partial charge in [0.25, 0.3) is 0 Å². The van der Waals surface area contributed by atoms with E-state index in [0.29, 0.717) is 6.54 Å². The zero-order chi connectivity index (χ0) is 44.3. The topological polar surface area (TPSA) is 32.9 Å². The van der Waals surface area contributed by atoms with Gasteiger partial charge in [-0.15, -0.1) is 0 Å². The fraction of sp³-hybridized carbons (Fsp3) is 0.0476. The lowest BCUT2D eigenvalue weighted by molar-refractivity contribution is 0.767. The number of anilines is 2. The first-order valence-corrected chi connectivity index (χ1v) is 23.1. The lowest BCUT2D eigenvalue weighted by atomic mass is 9.67. The van der Waals surface area contributed by atoms with E-state index >= 15 is 0 Å². The first kappa shape index (κ1) is 38.8. The second-order valence-corrected chi connectivity index (χ2v) is 17.6. The molecule has 2 heterocycles. The molecule has 11 aromatic rings. The molecule has 0 saturated heterocycles. The van der Waals surface area contributed by atoms with Crippen LogP contribution in [0.25, 0.3) is 60.5 Å². The zero-order valence-electron chi connectivity index (χ0n) is 36.7. The van der Waals surface area contributed by atoms with Crippen molar-refractivity contribution >= 4 is 56.0 Å². The number of aliphatic imine (C=N–C) groups is 2. The van der Waals surface area contributed by atoms with E-state index in [2.05, 4.69) is 258 Å². The van der Waals surface area contributed by atoms with Crippen molar-refractivity contribution in [2.24, 2.45) is 9.98 Å². The van der Waals surface area contributed by atoms with E-state index in [9.17, 15) is 0 Å². The van der Waals surface area contributed by atoms with Crippen molar-refractivity contribution in [1.82, 2.24) is 4.57 Å². The van der Waals surface area contributed by atoms with Gasteiger partial charge in [0.05, 0.1) is 29.0 Å². The molecule has 4 nitrogen and oxygen atoms in total. The molecule has 1 aromatic heterocycles. The molecule has 0 saturated carbocycles. The number of amidine groups is 1. The van der Waals surface area contributed by atoms with Gasteiger partial charge in [-0.3, -0.25) is 4.99 Å². The monoisotopic (exact) mass is 856 g/mol. The Labute approximate surface area is 390 Å². The summed E-state index contributed by atoms with van der Waals surface area (Å²) in [7, 11) is 0. The molecule has 0 amide bonds. The summed E-state index contributed by atoms with van der Waals surface area (Å²) in [6.07, 6.45) is 2.09. The summed E-state index contributed by atoms with van der Waals surface area (Å²) in [4.78, 5) is 12.8. The van der Waals surface area contributed by atoms with E-state index < -0.39 is 5.41 Å². The normalized spacial score (nSPS) is 14.8. The summed E-state index contributed by atoms with van der Waals surface area (Å²) >= 11 is 0. The Bertz CT molecular complexity index is 3670. The minimum Gasteiger partial charge on any atom is -0.331 e. The molecule has 1 aliphatic heterocycles. The van der Waals surface area contributed by atoms with Crippen molar-refractivity contribution < 1.29 is 0 Å². The Hall–Kier alpha value is -8.60. The van der Waals surface area contributed by atoms with Crippen molar-refractivity contribution in [3.63, 3.8) is 0 Å². The fourth-order valence-corrected chi connectivity index (χ4v) is 11.1. The van der Waals surface area contributed by atoms with Gasteiger partial charge in [0, 0.05) is 45.0 Å². The molecule has 0 spiro atoms. The summed E-state index contributed by atoms with van der Waals surface area (Å²) in [5, 5.41) is 4.76. The van der Waals surface area contributed by atoms with Crippen molar-refractivity contribution in [1.29, 1.82) is 0 Å². The average molecular weight is 857 g/mol. The van der Waals surface area contributed by atoms with Crippen LogP contribution in [0.15, 0.2) is 253 Å². The van der Waals surface area contributed by atoms with E-state index in [-0.39, 0.29) is 6.04 Å². The zero-order valence-corrected chi connectivity index (χ0v) is 36.7. The van der Waals surface area contributed by atoms with Gasteiger partial charge in [0.2, 0.25) is 0 Å². The summed E-state index contributed by atoms with van der Waals surface area (Å²) in [5.74, 6) is 0.748. The predicted octanol–water partition coefficient (Wildman–Crippen LogP) is 15.0. The van der Waals surface area contributed by atoms with Gasteiger partial charge in [-0.05, 0) is 104 Å². The summed E-state index contributed by atoms with van der Waals surface area (Å²) < 4.78 is 2.44. The maximum Gasteiger partial charge on any atom is 0.154 e. The lowest BCUT2D eigenvalue weighted by Crippen LogP contribution is -2.37. The number of aromatic nitrogens is 1. The molecular weight excluding hydrogens is 813 g/mol. The molecular formula is C63H44N4. The van der Waals surface area contributed by atoms with Crippen LogP contribution in [0.4, 0.5) is 11.4 Å². The van der Waals surface area contributed by atoms with Gasteiger partial charge in [-0.1, -0.05) is 188 Å². The molecule has 10 aromatic carbocycles. The SMILES string of the molecule is C1=NC(c2ccc3c(c2)c2ccccc2n3-c2ccc3c(c2)C(c2ccccc2)(c2ccccc2)c2ccccc2-3)=NCC1N(c1ccc(-c2ccccc2)cc1)c1cccc2ccccc12. The van der Waals surface area contributed by atoms with E-state index in [1.807, 2.05) is 0 Å². The highest BCUT2D eigenvalue weighted by atomic mass is 15.2. The Balaban J connectivity index is 0.897. The van der Waals surface area contributed by atoms with E-state index in [4.69, 9.17) is 9.98 Å². The highest BCUT2D eigenvalue weighted by Gasteiger charge is 2.46. The van der Waals surface area contributed by atoms with Crippen LogP contribution in [0.2, 0.25) is 0 Å². The van der Waals surface area contributed by atoms with Gasteiger partial charge in [0.1, 0.15) is 0 Å². The van der Waals surface area contributed by atoms with Gasteiger partial charge in [0.15, 0.2) is 5.84 Å². The molecule has 0 bridgehead atoms. The minimum absolute atomic E-state index is 0.0902. The average Bonchev–Trinajstić information content (AvgIpc) is 3.90. The Morgan fingerprint density at radius 2 is 1.06 bits per heavy atom. The molecule has 13 rings (SSSR count). The van der Waals surface area contributed by atoms with Crippen molar-refractivity contribution in [3.05, 3.63) is 270 Å². The molecule has 0 radical (unpaired) electrons. The highest BCUT2D eigenvalue weighted by Crippen LogP contribution is 2.56. The van der Waals surface area contributed by atoms with Crippen LogP contribution in [-0.2, 0) is 5.41 Å². The van der Waals surface area contributed by atoms with Crippen LogP contribution in [0.5, 0.6) is 0 Å². The van der Waals surface area contributed by atoms with Crippen molar-refractivity contribution in [3.8, 4) is 27.9 Å². The minimum atomic E-state index is -0.486. The van der Waals surface area contributed by atoms with Crippen LogP contribution in [-0.4, -0.2) is 29.2 Å². The number of hydrogen-bond donors (Lipinski definition) is 0. The van der Waals surface area contributed by atoms with Gasteiger partial charge < -0.3 is 9.47 Å². The number of nitrogens with zero attached hydrogens (tertiary/aromatic N) is 4. The van der Waals surface area contributed by atoms with Gasteiger partial charge in [-0.2, -0.15) is 0 Å². The second-order valence-electron chi connectivity index (χ2n) is 17.6. The number of hydrogen-bond acceptors (Lipinski definition) is 3. The van der Waals surface area contributed by atoms with Crippen LogP contribution in [0, 0.1) is 0 Å². The molecule has 4 heteroatoms. The van der Waals surface area contributed by atoms with E-state index in [0.717, 1.165) is 39.5 Å². The summed E-state index contributed by atoms with van der Waals surface area (Å²) in [5.41, 5.74) is 16.2. The fourth-order valence-electron chi connectivity index (χ4n) is 11.1. The third-order valence-corrected chi connectivity index (χ3v) is 14.0. The predicted molar refractivity (Wildman–Crippen MR) is 280 cm³/mol. The molecule has 316 valence electrons. The number of fused-ring (bicyclic) bond motifs is 7. The molecule has 2 aliphatic rings. The van der Waals surface area contributed by atoms with Crippen LogP contribution in [0.1, 0.15) is 27.8 Å². The Morgan fingerprint density at radius 3 is 1.82 bits per heavy atom. The molecule has 1 unspecified atom stereocenters. The largest absolute Gasteiger partial charge is 0.331 e. The molecule has 0 N–H and O–H groups in total. The Morgan fingerprint density at radius 1 is 0.448 bits per heavy atom. The van der Waals surface area contributed by atoms with Crippen LogP contribution >= 0.6 is 0 Å². The maximum absolute atomic E-state index is 5.25. The van der Waals surface area contributed by atoms with Crippen molar-refractivity contribution in [2.75, 3.05) is 11.4 Å². The second kappa shape index (κ2) is 15.8. The first-order chi connectivity index (χ1) is 33.2. The molecule has 0 fully saturated rings. The highest BCUT2D eigenvalue weighted by molar-refractivity contribution is 6.14. The summed E-state index contributed by atoms with van der Waals surface area (Å²) in [6.45, 7) is 0.560. The van der Waals surface area contributed by atoms with Gasteiger partial charge >= 0.3 is 0 Å². The van der Waals surface area contributed by atoms with E-state index in [1.54, 1.807) is 0 Å². The maximum atomic E-state index is 5.25. The quantitative estimate of drug-likeness (QED) is 0.150. The lowest BCUT2D eigenvalue weighted by Gasteiger charge is -2.34. The standard InChI is InChI=1S/C63H44N4/c1-4-17-43(18-5-1)44-31-34-49(35-32-44)66(59-30-16-20-45-19-10-11-25-52(45)59)51-41-64-62(65-42-51)46-33-38-61-56(39-46)55-27-13-15-29-60(55)67(61)50-36-37-54-53-26-12-14-28-57(53)63(58(54)40-50,47-21-6-2-7-22-47)48-23-8-3-9-24-48/h1-41,51H,42H2. The van der Waals surface area contributed by atoms with E-state index in [1.165, 1.54) is 66.1 Å². The van der Waals surface area contributed by atoms with Crippen molar-refractivity contribution in [2.45, 2.75) is 11.5 Å². The number of benzene rings is 10. The Kier molecular flexibility index (Phi) is 9.17. The first-order valence-electron chi connectivity index (χ1n) is 23.1. The number of rotatable bonds is 8. The number of para-hydroxylation sites is 1. The molecule has 1 atom stereocenters.